The summed E-state index contributed by atoms with van der Waals surface area (Å²) in [5.41, 5.74) is -1.10. The van der Waals surface area contributed by atoms with Crippen molar-refractivity contribution in [3.63, 3.8) is 0 Å². The van der Waals surface area contributed by atoms with Crippen molar-refractivity contribution in [2.24, 2.45) is 0 Å². The van der Waals surface area contributed by atoms with Crippen LogP contribution in [0.15, 0.2) is 10.6 Å². The first kappa shape index (κ1) is 14.4. The summed E-state index contributed by atoms with van der Waals surface area (Å²) >= 11 is 0. The molecule has 7 nitrogen and oxygen atoms in total. The van der Waals surface area contributed by atoms with Crippen LogP contribution < -0.4 is 4.74 Å². The fourth-order valence-corrected chi connectivity index (χ4v) is 2.61. The van der Waals surface area contributed by atoms with E-state index in [0.717, 1.165) is 0 Å². The molecule has 110 valence electrons. The van der Waals surface area contributed by atoms with Crippen molar-refractivity contribution < 1.29 is 24.0 Å². The number of carboxylic acid groups (broad SMARTS) is 1. The van der Waals surface area contributed by atoms with Gasteiger partial charge >= 0.3 is 5.97 Å². The Balaban J connectivity index is 2.02. The lowest BCUT2D eigenvalue weighted by Crippen LogP contribution is -2.53. The topological polar surface area (TPSA) is 92.9 Å². The zero-order valence-corrected chi connectivity index (χ0v) is 11.6. The van der Waals surface area contributed by atoms with Crippen molar-refractivity contribution in [3.8, 4) is 5.88 Å². The van der Waals surface area contributed by atoms with Crippen LogP contribution in [0.5, 0.6) is 5.88 Å². The third kappa shape index (κ3) is 2.48. The monoisotopic (exact) mass is 282 g/mol. The third-order valence-corrected chi connectivity index (χ3v) is 3.72. The van der Waals surface area contributed by atoms with Crippen LogP contribution in [0.4, 0.5) is 0 Å². The smallest absolute Gasteiger partial charge is 0.329 e. The van der Waals surface area contributed by atoms with Gasteiger partial charge in [0, 0.05) is 12.6 Å². The molecule has 1 atom stereocenters. The summed E-state index contributed by atoms with van der Waals surface area (Å²) in [4.78, 5) is 25.1. The molecule has 0 spiro atoms. The Hall–Kier alpha value is -2.05. The fraction of sp³-hybridized carbons (Fsp3) is 0.615. The normalized spacial score (nSPS) is 22.0. The first-order chi connectivity index (χ1) is 9.49. The van der Waals surface area contributed by atoms with Crippen LogP contribution in [-0.4, -0.2) is 45.7 Å². The Morgan fingerprint density at radius 1 is 1.60 bits per heavy atom. The number of hydrogen-bond donors (Lipinski definition) is 1. The van der Waals surface area contributed by atoms with Gasteiger partial charge in [-0.1, -0.05) is 6.92 Å². The summed E-state index contributed by atoms with van der Waals surface area (Å²) in [6.07, 6.45) is 1.56. The number of amides is 1. The molecule has 1 aliphatic heterocycles. The van der Waals surface area contributed by atoms with Crippen molar-refractivity contribution in [1.29, 1.82) is 0 Å². The molecule has 0 aliphatic carbocycles. The van der Waals surface area contributed by atoms with E-state index < -0.39 is 11.5 Å². The maximum absolute atomic E-state index is 12.2. The molecule has 20 heavy (non-hydrogen) atoms. The third-order valence-electron chi connectivity index (χ3n) is 3.72. The van der Waals surface area contributed by atoms with Gasteiger partial charge in [0.05, 0.1) is 0 Å². The van der Waals surface area contributed by atoms with Crippen LogP contribution in [0.2, 0.25) is 0 Å². The van der Waals surface area contributed by atoms with Crippen molar-refractivity contribution in [1.82, 2.24) is 10.1 Å². The Labute approximate surface area is 116 Å². The van der Waals surface area contributed by atoms with Gasteiger partial charge in [-0.05, 0) is 31.3 Å². The van der Waals surface area contributed by atoms with Gasteiger partial charge in [-0.25, -0.2) is 4.79 Å². The quantitative estimate of drug-likeness (QED) is 0.872. The van der Waals surface area contributed by atoms with E-state index in [1.165, 1.54) is 4.90 Å². The Bertz CT molecular complexity index is 513. The van der Waals surface area contributed by atoms with Gasteiger partial charge in [0.2, 0.25) is 0 Å². The lowest BCUT2D eigenvalue weighted by Gasteiger charge is -2.33. The maximum atomic E-state index is 12.2. The number of hydrogen-bond acceptors (Lipinski definition) is 5. The average Bonchev–Trinajstić information content (AvgIpc) is 3.02. The molecular formula is C13H18N2O5. The number of rotatable bonds is 5. The number of nitrogens with zero attached hydrogens (tertiary/aromatic N) is 2. The molecule has 1 aromatic rings. The van der Waals surface area contributed by atoms with Crippen molar-refractivity contribution in [2.75, 3.05) is 13.2 Å². The summed E-state index contributed by atoms with van der Waals surface area (Å²) in [6.45, 7) is 3.71. The van der Waals surface area contributed by atoms with Crippen molar-refractivity contribution in [3.05, 3.63) is 11.8 Å². The predicted molar refractivity (Wildman–Crippen MR) is 68.3 cm³/mol. The average molecular weight is 282 g/mol. The van der Waals surface area contributed by atoms with E-state index in [0.29, 0.717) is 31.6 Å². The number of aryl methyl sites for hydroxylation is 1. The zero-order chi connectivity index (χ0) is 14.8. The molecule has 0 radical (unpaired) electrons. The molecule has 1 fully saturated rings. The van der Waals surface area contributed by atoms with Gasteiger partial charge in [-0.15, -0.1) is 0 Å². The van der Waals surface area contributed by atoms with E-state index in [1.54, 1.807) is 19.9 Å². The molecule has 0 saturated carbocycles. The van der Waals surface area contributed by atoms with Gasteiger partial charge in [0.25, 0.3) is 11.8 Å². The van der Waals surface area contributed by atoms with Crippen LogP contribution in [0.25, 0.3) is 0 Å². The van der Waals surface area contributed by atoms with E-state index in [2.05, 4.69) is 5.16 Å². The van der Waals surface area contributed by atoms with Crippen LogP contribution in [0, 0.1) is 6.92 Å². The van der Waals surface area contributed by atoms with Gasteiger partial charge in [-0.2, -0.15) is 0 Å². The first-order valence-electron chi connectivity index (χ1n) is 6.59. The highest BCUT2D eigenvalue weighted by molar-refractivity contribution is 5.88. The number of carboxylic acids is 1. The van der Waals surface area contributed by atoms with E-state index in [9.17, 15) is 14.7 Å². The number of aliphatic carboxylic acids is 1. The number of aromatic nitrogens is 1. The van der Waals surface area contributed by atoms with E-state index >= 15 is 0 Å². The summed E-state index contributed by atoms with van der Waals surface area (Å²) in [5.74, 6) is -0.481. The molecule has 2 rings (SSSR count). The molecule has 1 aromatic heterocycles. The van der Waals surface area contributed by atoms with Gasteiger partial charge in [0.15, 0.2) is 6.61 Å². The second-order valence-electron chi connectivity index (χ2n) is 4.90. The molecule has 2 heterocycles. The molecule has 7 heteroatoms. The van der Waals surface area contributed by atoms with Crippen LogP contribution >= 0.6 is 0 Å². The molecule has 1 aliphatic rings. The standard InChI is InChI=1S/C13H18N2O5/c1-3-13(12(17)18)5-4-6-15(13)11(16)8-19-10-7-9(2)20-14-10/h7H,3-6,8H2,1-2H3,(H,17,18). The second-order valence-corrected chi connectivity index (χ2v) is 4.90. The lowest BCUT2D eigenvalue weighted by atomic mass is 9.93. The molecule has 1 saturated heterocycles. The summed E-state index contributed by atoms with van der Waals surface area (Å²) in [5, 5.41) is 13.0. The highest BCUT2D eigenvalue weighted by Gasteiger charge is 2.48. The molecule has 1 amide bonds. The summed E-state index contributed by atoms with van der Waals surface area (Å²) in [6, 6.07) is 1.57. The highest BCUT2D eigenvalue weighted by atomic mass is 16.5. The summed E-state index contributed by atoms with van der Waals surface area (Å²) < 4.78 is 10.1. The SMILES string of the molecule is CCC1(C(=O)O)CCCN1C(=O)COc1cc(C)on1. The van der Waals surface area contributed by atoms with Crippen LogP contribution in [0.3, 0.4) is 0 Å². The van der Waals surface area contributed by atoms with Crippen LogP contribution in [-0.2, 0) is 9.59 Å². The number of likely N-dealkylation sites (tertiary alicyclic amines) is 1. The fourth-order valence-electron chi connectivity index (χ4n) is 2.61. The van der Waals surface area contributed by atoms with Gasteiger partial charge < -0.3 is 19.3 Å². The minimum absolute atomic E-state index is 0.229. The van der Waals surface area contributed by atoms with Gasteiger partial charge in [-0.3, -0.25) is 4.79 Å². The predicted octanol–water partition coefficient (Wildman–Crippen LogP) is 1.22. The number of carbonyl (C=O) groups is 2. The van der Waals surface area contributed by atoms with E-state index in [1.807, 2.05) is 0 Å². The van der Waals surface area contributed by atoms with Crippen molar-refractivity contribution >= 4 is 11.9 Å². The van der Waals surface area contributed by atoms with E-state index in [4.69, 9.17) is 9.26 Å². The van der Waals surface area contributed by atoms with Crippen molar-refractivity contribution in [2.45, 2.75) is 38.6 Å². The van der Waals surface area contributed by atoms with Gasteiger partial charge in [0.1, 0.15) is 11.3 Å². The number of ether oxygens (including phenoxy) is 1. The second kappa shape index (κ2) is 5.52. The Morgan fingerprint density at radius 3 is 2.90 bits per heavy atom. The molecule has 1 N–H and O–H groups in total. The zero-order valence-electron chi connectivity index (χ0n) is 11.6. The molecular weight excluding hydrogens is 264 g/mol. The highest BCUT2D eigenvalue weighted by Crippen LogP contribution is 2.32. The largest absolute Gasteiger partial charge is 0.479 e. The maximum Gasteiger partial charge on any atom is 0.329 e. The van der Waals surface area contributed by atoms with Crippen LogP contribution in [0.1, 0.15) is 31.9 Å². The summed E-state index contributed by atoms with van der Waals surface area (Å²) in [7, 11) is 0. The lowest BCUT2D eigenvalue weighted by molar-refractivity contribution is -0.157. The minimum atomic E-state index is -1.10. The van der Waals surface area contributed by atoms with E-state index in [-0.39, 0.29) is 18.4 Å². The number of carbonyl (C=O) groups excluding carboxylic acids is 1. The minimum Gasteiger partial charge on any atom is -0.479 e. The Morgan fingerprint density at radius 2 is 2.35 bits per heavy atom. The molecule has 0 aromatic carbocycles. The Kier molecular flexibility index (Phi) is 3.96. The molecule has 1 unspecified atom stereocenters. The first-order valence-corrected chi connectivity index (χ1v) is 6.59. The molecule has 0 bridgehead atoms.